The fraction of sp³-hybridized carbons (Fsp3) is 0.435. The molecule has 4 fully saturated rings. The van der Waals surface area contributed by atoms with Crippen molar-refractivity contribution in [3.63, 3.8) is 0 Å². The van der Waals surface area contributed by atoms with Gasteiger partial charge in [-0.25, -0.2) is 19.6 Å². The third kappa shape index (κ3) is 7.26. The third-order valence-corrected chi connectivity index (χ3v) is 13.3. The van der Waals surface area contributed by atoms with Crippen LogP contribution >= 0.6 is 0 Å². The first-order valence-corrected chi connectivity index (χ1v) is 21.0. The largest absolute Gasteiger partial charge is 0.453 e. The van der Waals surface area contributed by atoms with Crippen LogP contribution in [0.2, 0.25) is 0 Å². The van der Waals surface area contributed by atoms with Crippen LogP contribution in [0.3, 0.4) is 0 Å². The number of rotatable bonds is 10. The molecule has 14 heteroatoms. The van der Waals surface area contributed by atoms with E-state index in [0.717, 1.165) is 94.6 Å². The molecular formula is C46H52N8O6. The molecule has 2 bridgehead atoms. The number of amides is 4. The molecule has 3 aromatic carbocycles. The molecule has 5 aromatic rings. The first kappa shape index (κ1) is 39.3. The molecule has 0 radical (unpaired) electrons. The van der Waals surface area contributed by atoms with Crippen LogP contribution in [0.4, 0.5) is 9.59 Å². The van der Waals surface area contributed by atoms with Gasteiger partial charge in [-0.15, -0.1) is 0 Å². The molecule has 60 heavy (non-hydrogen) atoms. The molecule has 4 aliphatic rings. The van der Waals surface area contributed by atoms with Crippen LogP contribution in [-0.2, 0) is 19.1 Å². The Labute approximate surface area is 348 Å². The second-order valence-corrected chi connectivity index (χ2v) is 17.5. The zero-order chi connectivity index (χ0) is 41.9. The number of benzene rings is 3. The highest BCUT2D eigenvalue weighted by Crippen LogP contribution is 2.58. The summed E-state index contributed by atoms with van der Waals surface area (Å²) in [6, 6.07) is 19.6. The quantitative estimate of drug-likeness (QED) is 0.112. The van der Waals surface area contributed by atoms with Gasteiger partial charge < -0.3 is 39.9 Å². The van der Waals surface area contributed by atoms with Crippen LogP contribution < -0.4 is 10.6 Å². The average Bonchev–Trinajstić information content (AvgIpc) is 3.89. The maximum Gasteiger partial charge on any atom is 0.407 e. The Hall–Kier alpha value is -6.18. The minimum atomic E-state index is -0.700. The Morgan fingerprint density at radius 3 is 2.03 bits per heavy atom. The summed E-state index contributed by atoms with van der Waals surface area (Å²) in [5.41, 5.74) is 6.08. The van der Waals surface area contributed by atoms with E-state index >= 15 is 0 Å². The summed E-state index contributed by atoms with van der Waals surface area (Å²) < 4.78 is 9.54. The zero-order valence-corrected chi connectivity index (χ0v) is 34.7. The number of aromatic nitrogens is 4. The van der Waals surface area contributed by atoms with Crippen LogP contribution in [0.25, 0.3) is 44.4 Å². The highest BCUT2D eigenvalue weighted by Gasteiger charge is 2.55. The normalized spacial score (nSPS) is 22.3. The van der Waals surface area contributed by atoms with Gasteiger partial charge in [-0.05, 0) is 102 Å². The fourth-order valence-corrected chi connectivity index (χ4v) is 9.85. The fourth-order valence-electron chi connectivity index (χ4n) is 9.85. The van der Waals surface area contributed by atoms with E-state index in [4.69, 9.17) is 19.4 Å². The van der Waals surface area contributed by atoms with Crippen molar-refractivity contribution in [3.8, 4) is 33.6 Å². The molecule has 6 atom stereocenters. The minimum Gasteiger partial charge on any atom is -0.453 e. The lowest BCUT2D eigenvalue weighted by Crippen LogP contribution is -2.51. The first-order chi connectivity index (χ1) is 28.9. The van der Waals surface area contributed by atoms with Gasteiger partial charge in [0, 0.05) is 18.2 Å². The summed E-state index contributed by atoms with van der Waals surface area (Å²) in [4.78, 5) is 71.8. The highest BCUT2D eigenvalue weighted by atomic mass is 16.5. The Morgan fingerprint density at radius 2 is 1.35 bits per heavy atom. The SMILES string of the molecule is COC(=O)NC(C)C(=O)N1C2CCC(C2)C1c1ncc(-c2ccc(-c3ccc4cc(-c5cnc(C6CC7(CC7)CN6C(=O)C(NC(=O)OC)C(C)C)[nH]5)ccc4c3)cc2)[nH]1. The van der Waals surface area contributed by atoms with Crippen molar-refractivity contribution >= 4 is 34.8 Å². The number of aromatic amines is 2. The summed E-state index contributed by atoms with van der Waals surface area (Å²) in [5.74, 6) is 1.52. The van der Waals surface area contributed by atoms with Crippen LogP contribution in [0.5, 0.6) is 0 Å². The lowest BCUT2D eigenvalue weighted by atomic mass is 9.97. The average molecular weight is 813 g/mol. The van der Waals surface area contributed by atoms with Crippen molar-refractivity contribution in [1.29, 1.82) is 0 Å². The number of carbonyl (C=O) groups is 4. The Morgan fingerprint density at radius 1 is 0.750 bits per heavy atom. The molecule has 2 aliphatic carbocycles. The molecule has 1 spiro atoms. The van der Waals surface area contributed by atoms with E-state index in [2.05, 4.69) is 81.3 Å². The van der Waals surface area contributed by atoms with E-state index in [1.807, 2.05) is 36.0 Å². The van der Waals surface area contributed by atoms with Gasteiger partial charge in [-0.3, -0.25) is 9.59 Å². The number of ether oxygens (including phenoxy) is 2. The van der Waals surface area contributed by atoms with Gasteiger partial charge in [0.2, 0.25) is 11.8 Å². The summed E-state index contributed by atoms with van der Waals surface area (Å²) in [6.07, 6.45) is 8.41. The number of H-pyrrole nitrogens is 2. The van der Waals surface area contributed by atoms with Crippen LogP contribution in [0.1, 0.15) is 83.0 Å². The van der Waals surface area contributed by atoms with E-state index in [0.29, 0.717) is 12.5 Å². The van der Waals surface area contributed by atoms with E-state index in [-0.39, 0.29) is 41.3 Å². The number of methoxy groups -OCH3 is 2. The maximum atomic E-state index is 13.9. The Bertz CT molecular complexity index is 2450. The molecule has 4 heterocycles. The predicted octanol–water partition coefficient (Wildman–Crippen LogP) is 7.52. The topological polar surface area (TPSA) is 175 Å². The van der Waals surface area contributed by atoms with Crippen molar-refractivity contribution in [2.75, 3.05) is 20.8 Å². The summed E-state index contributed by atoms with van der Waals surface area (Å²) in [5, 5.41) is 7.59. The number of imidazole rings is 2. The molecule has 14 nitrogen and oxygen atoms in total. The number of hydrogen-bond donors (Lipinski definition) is 4. The van der Waals surface area contributed by atoms with Crippen molar-refractivity contribution in [2.45, 2.75) is 89.5 Å². The lowest BCUT2D eigenvalue weighted by Gasteiger charge is -2.36. The van der Waals surface area contributed by atoms with Gasteiger partial charge in [0.05, 0.1) is 50.1 Å². The number of nitrogens with one attached hydrogen (secondary N) is 4. The van der Waals surface area contributed by atoms with E-state index < -0.39 is 24.3 Å². The van der Waals surface area contributed by atoms with Gasteiger partial charge in [0.15, 0.2) is 0 Å². The van der Waals surface area contributed by atoms with Gasteiger partial charge in [-0.1, -0.05) is 62.4 Å². The maximum absolute atomic E-state index is 13.9. The monoisotopic (exact) mass is 812 g/mol. The smallest absolute Gasteiger partial charge is 0.407 e. The molecule has 2 aromatic heterocycles. The van der Waals surface area contributed by atoms with Crippen molar-refractivity contribution in [3.05, 3.63) is 84.7 Å². The predicted molar refractivity (Wildman–Crippen MR) is 225 cm³/mol. The Balaban J connectivity index is 0.890. The number of hydrogen-bond acceptors (Lipinski definition) is 8. The number of nitrogens with zero attached hydrogens (tertiary/aromatic N) is 4. The molecule has 4 N–H and O–H groups in total. The number of likely N-dealkylation sites (tertiary alicyclic amines) is 2. The third-order valence-electron chi connectivity index (χ3n) is 13.3. The molecule has 4 amide bonds. The van der Waals surface area contributed by atoms with Crippen LogP contribution in [0, 0.1) is 17.3 Å². The Kier molecular flexibility index (Phi) is 10.1. The van der Waals surface area contributed by atoms with Crippen LogP contribution in [-0.4, -0.2) is 92.6 Å². The van der Waals surface area contributed by atoms with Gasteiger partial charge in [0.1, 0.15) is 23.7 Å². The minimum absolute atomic E-state index is 0.104. The van der Waals surface area contributed by atoms with E-state index in [1.165, 1.54) is 14.2 Å². The van der Waals surface area contributed by atoms with Crippen molar-refractivity contribution in [1.82, 2.24) is 40.4 Å². The molecule has 2 aliphatic heterocycles. The number of alkyl carbamates (subject to hydrolysis) is 2. The summed E-state index contributed by atoms with van der Waals surface area (Å²) >= 11 is 0. The van der Waals surface area contributed by atoms with E-state index in [9.17, 15) is 19.2 Å². The van der Waals surface area contributed by atoms with Gasteiger partial charge in [0.25, 0.3) is 0 Å². The molecule has 6 unspecified atom stereocenters. The number of carbonyl (C=O) groups excluding carboxylic acids is 4. The van der Waals surface area contributed by atoms with Gasteiger partial charge >= 0.3 is 12.2 Å². The summed E-state index contributed by atoms with van der Waals surface area (Å²) in [7, 11) is 2.60. The molecule has 2 saturated carbocycles. The molecular weight excluding hydrogens is 761 g/mol. The molecule has 2 saturated heterocycles. The van der Waals surface area contributed by atoms with Gasteiger partial charge in [-0.2, -0.15) is 0 Å². The number of fused-ring (bicyclic) bond motifs is 3. The number of piperidine rings is 1. The summed E-state index contributed by atoms with van der Waals surface area (Å²) in [6.45, 7) is 6.20. The molecule has 312 valence electrons. The highest BCUT2D eigenvalue weighted by molar-refractivity contribution is 5.91. The van der Waals surface area contributed by atoms with Crippen LogP contribution in [0.15, 0.2) is 73.1 Å². The second-order valence-electron chi connectivity index (χ2n) is 17.5. The van der Waals surface area contributed by atoms with Crippen molar-refractivity contribution < 1.29 is 28.7 Å². The molecule has 9 rings (SSSR count). The van der Waals surface area contributed by atoms with E-state index in [1.54, 1.807) is 6.92 Å². The zero-order valence-electron chi connectivity index (χ0n) is 34.7. The lowest BCUT2D eigenvalue weighted by molar-refractivity contribution is -0.138. The standard InChI is InChI=1S/C46H52N8O6/c1-25(2)38(52-45(58)60-5)43(56)53-24-46(16-17-46)21-37(53)40-47-23-36(50-40)32-13-12-30-18-29(10-11-31(30)19-32)27-6-8-28(9-7-27)35-22-48-41(51-35)39-33-14-15-34(20-33)54(39)42(55)26(3)49-44(57)59-4/h6-13,18-19,22-23,25-26,33-34,37-39H,14-17,20-21,24H2,1-5H3,(H,47,50)(H,48,51)(H,49,57)(H,52,58). The second kappa shape index (κ2) is 15.4. The van der Waals surface area contributed by atoms with Crippen molar-refractivity contribution in [2.24, 2.45) is 17.3 Å². The first-order valence-electron chi connectivity index (χ1n) is 21.0.